The Labute approximate surface area is 167 Å². The minimum absolute atomic E-state index is 0.110. The van der Waals surface area contributed by atoms with Crippen molar-refractivity contribution in [3.05, 3.63) is 89.6 Å². The van der Waals surface area contributed by atoms with Crippen LogP contribution in [0.5, 0.6) is 5.75 Å². The van der Waals surface area contributed by atoms with Crippen molar-refractivity contribution < 1.29 is 9.53 Å². The van der Waals surface area contributed by atoms with Crippen LogP contribution in [0.25, 0.3) is 6.08 Å². The second-order valence-electron chi connectivity index (χ2n) is 5.96. The second-order valence-corrected chi connectivity index (χ2v) is 6.97. The van der Waals surface area contributed by atoms with Crippen LogP contribution >= 0.6 is 11.8 Å². The van der Waals surface area contributed by atoms with E-state index in [0.717, 1.165) is 22.7 Å². The van der Waals surface area contributed by atoms with Gasteiger partial charge in [-0.2, -0.15) is 0 Å². The number of hydrogen-bond acceptors (Lipinski definition) is 5. The molecule has 0 unspecified atom stereocenters. The lowest BCUT2D eigenvalue weighted by atomic mass is 10.2. The van der Waals surface area contributed by atoms with Gasteiger partial charge in [-0.1, -0.05) is 18.2 Å². The van der Waals surface area contributed by atoms with Crippen LogP contribution in [0, 0.1) is 0 Å². The number of rotatable bonds is 4. The number of carbonyl (C=O) groups excluding carboxylic acids is 1. The lowest BCUT2D eigenvalue weighted by Gasteiger charge is -2.16. The largest absolute Gasteiger partial charge is 0.497 e. The molecule has 1 saturated heterocycles. The molecule has 2 aromatic carbocycles. The molecule has 6 heteroatoms. The molecule has 1 fully saturated rings. The zero-order valence-electron chi connectivity index (χ0n) is 15.1. The van der Waals surface area contributed by atoms with Crippen LogP contribution in [0.2, 0.25) is 0 Å². The minimum Gasteiger partial charge on any atom is -0.497 e. The zero-order valence-corrected chi connectivity index (χ0v) is 16.0. The summed E-state index contributed by atoms with van der Waals surface area (Å²) in [5.41, 5.74) is 2.45. The Morgan fingerprint density at radius 2 is 1.71 bits per heavy atom. The van der Waals surface area contributed by atoms with Gasteiger partial charge < -0.3 is 4.74 Å². The van der Waals surface area contributed by atoms with Crippen LogP contribution in [0.1, 0.15) is 5.56 Å². The maximum Gasteiger partial charge on any atom is 0.271 e. The molecule has 28 heavy (non-hydrogen) atoms. The Kier molecular flexibility index (Phi) is 5.21. The maximum absolute atomic E-state index is 13.2. The van der Waals surface area contributed by atoms with Gasteiger partial charge in [0.25, 0.3) is 5.91 Å². The maximum atomic E-state index is 13.2. The molecule has 0 saturated carbocycles. The average Bonchev–Trinajstić information content (AvgIpc) is 3.04. The molecule has 0 radical (unpaired) electrons. The fraction of sp³-hybridized carbons (Fsp3) is 0.0455. The first-order valence-corrected chi connectivity index (χ1v) is 9.48. The number of para-hydroxylation sites is 1. The van der Waals surface area contributed by atoms with Gasteiger partial charge in [-0.3, -0.25) is 14.7 Å². The van der Waals surface area contributed by atoms with E-state index in [2.05, 4.69) is 4.98 Å². The summed E-state index contributed by atoms with van der Waals surface area (Å²) in [4.78, 5) is 24.1. The lowest BCUT2D eigenvalue weighted by molar-refractivity contribution is -0.113. The SMILES string of the molecule is COc1ccc(N2C(=O)/C(=C/c3ccncc3)SC2=Nc2ccccc2)cc1. The van der Waals surface area contributed by atoms with Crippen molar-refractivity contribution in [1.29, 1.82) is 0 Å². The van der Waals surface area contributed by atoms with Gasteiger partial charge in [0, 0.05) is 12.4 Å². The van der Waals surface area contributed by atoms with Crippen molar-refractivity contribution in [2.45, 2.75) is 0 Å². The van der Waals surface area contributed by atoms with Crippen LogP contribution in [0.3, 0.4) is 0 Å². The summed E-state index contributed by atoms with van der Waals surface area (Å²) in [6, 6.07) is 20.7. The number of thioether (sulfide) groups is 1. The van der Waals surface area contributed by atoms with E-state index in [1.54, 1.807) is 24.4 Å². The topological polar surface area (TPSA) is 54.8 Å². The van der Waals surface area contributed by atoms with E-state index in [0.29, 0.717) is 10.1 Å². The first kappa shape index (κ1) is 18.0. The van der Waals surface area contributed by atoms with Gasteiger partial charge in [-0.15, -0.1) is 0 Å². The molecule has 138 valence electrons. The van der Waals surface area contributed by atoms with Gasteiger partial charge in [0.15, 0.2) is 5.17 Å². The molecule has 1 aliphatic rings. The highest BCUT2D eigenvalue weighted by atomic mass is 32.2. The van der Waals surface area contributed by atoms with Crippen molar-refractivity contribution >= 4 is 40.3 Å². The number of aromatic nitrogens is 1. The summed E-state index contributed by atoms with van der Waals surface area (Å²) >= 11 is 1.36. The van der Waals surface area contributed by atoms with Gasteiger partial charge in [-0.25, -0.2) is 4.99 Å². The highest BCUT2D eigenvalue weighted by molar-refractivity contribution is 8.19. The summed E-state index contributed by atoms with van der Waals surface area (Å²) in [6.45, 7) is 0. The molecule has 0 aliphatic carbocycles. The molecule has 4 rings (SSSR count). The van der Waals surface area contributed by atoms with E-state index in [1.807, 2.05) is 72.8 Å². The van der Waals surface area contributed by atoms with Crippen LogP contribution in [0.4, 0.5) is 11.4 Å². The van der Waals surface area contributed by atoms with Gasteiger partial charge in [0.1, 0.15) is 5.75 Å². The Morgan fingerprint density at radius 3 is 2.39 bits per heavy atom. The van der Waals surface area contributed by atoms with Gasteiger partial charge >= 0.3 is 0 Å². The first-order chi connectivity index (χ1) is 13.7. The summed E-state index contributed by atoms with van der Waals surface area (Å²) in [6.07, 6.45) is 5.27. The molecule has 5 nitrogen and oxygen atoms in total. The van der Waals surface area contributed by atoms with Crippen LogP contribution in [-0.4, -0.2) is 23.2 Å². The van der Waals surface area contributed by atoms with E-state index in [4.69, 9.17) is 9.73 Å². The number of anilines is 1. The smallest absolute Gasteiger partial charge is 0.271 e. The Balaban J connectivity index is 1.76. The molecule has 2 heterocycles. The Bertz CT molecular complexity index is 1030. The number of methoxy groups -OCH3 is 1. The molecular weight excluding hydrogens is 370 g/mol. The molecule has 0 spiro atoms. The number of amidine groups is 1. The van der Waals surface area contributed by atoms with Gasteiger partial charge in [-0.05, 0) is 71.9 Å². The summed E-state index contributed by atoms with van der Waals surface area (Å²) in [7, 11) is 1.61. The predicted molar refractivity (Wildman–Crippen MR) is 114 cm³/mol. The molecule has 0 N–H and O–H groups in total. The van der Waals surface area contributed by atoms with E-state index in [-0.39, 0.29) is 5.91 Å². The second kappa shape index (κ2) is 8.10. The molecule has 0 atom stereocenters. The number of hydrogen-bond donors (Lipinski definition) is 0. The van der Waals surface area contributed by atoms with Crippen molar-refractivity contribution in [2.24, 2.45) is 4.99 Å². The van der Waals surface area contributed by atoms with Crippen LogP contribution in [0.15, 0.2) is 89.0 Å². The van der Waals surface area contributed by atoms with Crippen molar-refractivity contribution in [1.82, 2.24) is 4.98 Å². The first-order valence-electron chi connectivity index (χ1n) is 8.66. The molecule has 1 aromatic heterocycles. The third-order valence-electron chi connectivity index (χ3n) is 4.12. The number of aliphatic imine (C=N–C) groups is 1. The quantitative estimate of drug-likeness (QED) is 0.598. The molecular formula is C22H17N3O2S. The standard InChI is InChI=1S/C22H17N3O2S/c1-27-19-9-7-18(8-10-19)25-21(26)20(15-16-11-13-23-14-12-16)28-22(25)24-17-5-3-2-4-6-17/h2-15H,1H3/b20-15-,24-22?. The third kappa shape index (κ3) is 3.82. The molecule has 3 aromatic rings. The number of ether oxygens (including phenoxy) is 1. The minimum atomic E-state index is -0.110. The highest BCUT2D eigenvalue weighted by Gasteiger charge is 2.34. The summed E-state index contributed by atoms with van der Waals surface area (Å²) in [5, 5.41) is 0.613. The van der Waals surface area contributed by atoms with E-state index < -0.39 is 0 Å². The van der Waals surface area contributed by atoms with E-state index in [9.17, 15) is 4.79 Å². The number of benzene rings is 2. The van der Waals surface area contributed by atoms with Crippen molar-refractivity contribution in [2.75, 3.05) is 12.0 Å². The van der Waals surface area contributed by atoms with Crippen LogP contribution in [-0.2, 0) is 4.79 Å². The fourth-order valence-electron chi connectivity index (χ4n) is 2.73. The predicted octanol–water partition coefficient (Wildman–Crippen LogP) is 4.90. The number of amides is 1. The molecule has 1 aliphatic heterocycles. The lowest BCUT2D eigenvalue weighted by Crippen LogP contribution is -2.28. The zero-order chi connectivity index (χ0) is 19.3. The summed E-state index contributed by atoms with van der Waals surface area (Å²) < 4.78 is 5.23. The Morgan fingerprint density at radius 1 is 1.00 bits per heavy atom. The third-order valence-corrected chi connectivity index (χ3v) is 5.09. The highest BCUT2D eigenvalue weighted by Crippen LogP contribution is 2.37. The van der Waals surface area contributed by atoms with Gasteiger partial charge in [0.05, 0.1) is 23.4 Å². The van der Waals surface area contributed by atoms with E-state index >= 15 is 0 Å². The number of nitrogens with zero attached hydrogens (tertiary/aromatic N) is 3. The monoisotopic (exact) mass is 387 g/mol. The summed E-state index contributed by atoms with van der Waals surface area (Å²) in [5.74, 6) is 0.624. The number of carbonyl (C=O) groups is 1. The molecule has 1 amide bonds. The van der Waals surface area contributed by atoms with Crippen molar-refractivity contribution in [3.63, 3.8) is 0 Å². The average molecular weight is 387 g/mol. The van der Waals surface area contributed by atoms with Gasteiger partial charge in [0.2, 0.25) is 0 Å². The van der Waals surface area contributed by atoms with Crippen molar-refractivity contribution in [3.8, 4) is 5.75 Å². The van der Waals surface area contributed by atoms with E-state index in [1.165, 1.54) is 11.8 Å². The Hall–Kier alpha value is -3.38. The molecule has 0 bridgehead atoms. The van der Waals surface area contributed by atoms with Crippen LogP contribution < -0.4 is 9.64 Å². The number of pyridine rings is 1. The normalized spacial score (nSPS) is 16.8. The fourth-order valence-corrected chi connectivity index (χ4v) is 3.73.